The van der Waals surface area contributed by atoms with Crippen molar-refractivity contribution in [1.29, 1.82) is 0 Å². The molecule has 0 fully saturated rings. The number of unbranched alkanes of at least 4 members (excludes halogenated alkanes) is 5. The Kier molecular flexibility index (Phi) is 7.83. The summed E-state index contributed by atoms with van der Waals surface area (Å²) in [5, 5.41) is 10.6. The van der Waals surface area contributed by atoms with Gasteiger partial charge in [0.05, 0.1) is 10.6 Å². The second kappa shape index (κ2) is 10.4. The SMILES string of the molecule is CCCCCCCCc1ccc(N=Cc2ccc([N+](=O)[O-])cc2)cc1. The molecule has 0 saturated carbocycles. The van der Waals surface area contributed by atoms with Crippen molar-refractivity contribution < 1.29 is 4.92 Å². The fourth-order valence-electron chi connectivity index (χ4n) is 2.69. The number of nitro benzene ring substituents is 1. The fraction of sp³-hybridized carbons (Fsp3) is 0.381. The van der Waals surface area contributed by atoms with Gasteiger partial charge in [-0.15, -0.1) is 0 Å². The van der Waals surface area contributed by atoms with Crippen LogP contribution in [0.5, 0.6) is 0 Å². The van der Waals surface area contributed by atoms with Crippen LogP contribution in [0, 0.1) is 10.1 Å². The molecule has 0 aromatic heterocycles. The molecular formula is C21H26N2O2. The number of hydrogen-bond donors (Lipinski definition) is 0. The van der Waals surface area contributed by atoms with E-state index in [1.807, 2.05) is 12.1 Å². The highest BCUT2D eigenvalue weighted by Crippen LogP contribution is 2.16. The first-order chi connectivity index (χ1) is 12.2. The molecule has 25 heavy (non-hydrogen) atoms. The fourth-order valence-corrected chi connectivity index (χ4v) is 2.69. The van der Waals surface area contributed by atoms with Gasteiger partial charge in [-0.1, -0.05) is 51.2 Å². The predicted octanol–water partition coefficient (Wildman–Crippen LogP) is 6.25. The number of non-ortho nitro benzene ring substituents is 1. The van der Waals surface area contributed by atoms with Crippen molar-refractivity contribution in [2.45, 2.75) is 51.9 Å². The standard InChI is InChI=1S/C21H26N2O2/c1-2-3-4-5-6-7-8-18-9-13-20(14-10-18)22-17-19-11-15-21(16-12-19)23(24)25/h9-17H,2-8H2,1H3. The summed E-state index contributed by atoms with van der Waals surface area (Å²) in [7, 11) is 0. The van der Waals surface area contributed by atoms with Gasteiger partial charge in [-0.05, 0) is 48.2 Å². The van der Waals surface area contributed by atoms with Gasteiger partial charge in [0.1, 0.15) is 0 Å². The van der Waals surface area contributed by atoms with Crippen LogP contribution in [0.2, 0.25) is 0 Å². The van der Waals surface area contributed by atoms with Gasteiger partial charge in [-0.25, -0.2) is 0 Å². The minimum atomic E-state index is -0.399. The molecule has 4 nitrogen and oxygen atoms in total. The summed E-state index contributed by atoms with van der Waals surface area (Å²) in [6.45, 7) is 2.24. The summed E-state index contributed by atoms with van der Waals surface area (Å²) in [4.78, 5) is 14.7. The Morgan fingerprint density at radius 3 is 2.20 bits per heavy atom. The van der Waals surface area contributed by atoms with Crippen molar-refractivity contribution >= 4 is 17.6 Å². The Labute approximate surface area is 149 Å². The monoisotopic (exact) mass is 338 g/mol. The smallest absolute Gasteiger partial charge is 0.258 e. The number of aliphatic imine (C=N–C) groups is 1. The van der Waals surface area contributed by atoms with Crippen molar-refractivity contribution in [2.75, 3.05) is 0 Å². The lowest BCUT2D eigenvalue weighted by Crippen LogP contribution is -1.88. The Morgan fingerprint density at radius 1 is 0.920 bits per heavy atom. The Bertz CT molecular complexity index is 676. The zero-order chi connectivity index (χ0) is 17.9. The maximum atomic E-state index is 10.6. The molecule has 2 rings (SSSR count). The summed E-state index contributed by atoms with van der Waals surface area (Å²) in [6.07, 6.45) is 10.7. The van der Waals surface area contributed by atoms with Crippen LogP contribution < -0.4 is 0 Å². The van der Waals surface area contributed by atoms with Crippen LogP contribution in [0.4, 0.5) is 11.4 Å². The molecule has 0 radical (unpaired) electrons. The summed E-state index contributed by atoms with van der Waals surface area (Å²) < 4.78 is 0. The van der Waals surface area contributed by atoms with E-state index in [4.69, 9.17) is 0 Å². The van der Waals surface area contributed by atoms with Gasteiger partial charge in [0.2, 0.25) is 0 Å². The van der Waals surface area contributed by atoms with Crippen LogP contribution in [0.3, 0.4) is 0 Å². The molecule has 0 saturated heterocycles. The minimum Gasteiger partial charge on any atom is -0.258 e. The lowest BCUT2D eigenvalue weighted by atomic mass is 10.0. The molecule has 2 aromatic rings. The normalized spacial score (nSPS) is 11.1. The first-order valence-electron chi connectivity index (χ1n) is 9.06. The molecule has 0 amide bonds. The number of aryl methyl sites for hydroxylation is 1. The molecule has 0 unspecified atom stereocenters. The van der Waals surface area contributed by atoms with E-state index in [2.05, 4.69) is 24.0 Å². The van der Waals surface area contributed by atoms with Crippen LogP contribution in [0.1, 0.15) is 56.6 Å². The topological polar surface area (TPSA) is 55.5 Å². The van der Waals surface area contributed by atoms with Crippen LogP contribution >= 0.6 is 0 Å². The Morgan fingerprint density at radius 2 is 1.56 bits per heavy atom. The second-order valence-corrected chi connectivity index (χ2v) is 6.29. The van der Waals surface area contributed by atoms with E-state index in [1.54, 1.807) is 18.3 Å². The molecule has 4 heteroatoms. The van der Waals surface area contributed by atoms with E-state index < -0.39 is 4.92 Å². The predicted molar refractivity (Wildman–Crippen MR) is 104 cm³/mol. The van der Waals surface area contributed by atoms with Crippen LogP contribution in [0.15, 0.2) is 53.5 Å². The van der Waals surface area contributed by atoms with E-state index in [-0.39, 0.29) is 5.69 Å². The number of benzene rings is 2. The summed E-state index contributed by atoms with van der Waals surface area (Å²) in [6, 6.07) is 14.7. The van der Waals surface area contributed by atoms with E-state index in [0.29, 0.717) is 0 Å². The Hall–Kier alpha value is -2.49. The van der Waals surface area contributed by atoms with Gasteiger partial charge in [0, 0.05) is 18.3 Å². The molecule has 0 spiro atoms. The zero-order valence-electron chi connectivity index (χ0n) is 14.9. The number of rotatable bonds is 10. The van der Waals surface area contributed by atoms with Gasteiger partial charge in [0.25, 0.3) is 5.69 Å². The highest BCUT2D eigenvalue weighted by molar-refractivity contribution is 5.82. The molecule has 0 atom stereocenters. The third-order valence-corrected chi connectivity index (χ3v) is 4.22. The molecule has 0 N–H and O–H groups in total. The summed E-state index contributed by atoms with van der Waals surface area (Å²) in [5.41, 5.74) is 3.19. The zero-order valence-corrected chi connectivity index (χ0v) is 14.9. The average Bonchev–Trinajstić information content (AvgIpc) is 2.64. The van der Waals surface area contributed by atoms with Gasteiger partial charge < -0.3 is 0 Å². The molecule has 2 aromatic carbocycles. The molecule has 132 valence electrons. The van der Waals surface area contributed by atoms with E-state index >= 15 is 0 Å². The lowest BCUT2D eigenvalue weighted by molar-refractivity contribution is -0.384. The van der Waals surface area contributed by atoms with Crippen molar-refractivity contribution in [3.8, 4) is 0 Å². The van der Waals surface area contributed by atoms with E-state index in [9.17, 15) is 10.1 Å². The third kappa shape index (κ3) is 6.87. The third-order valence-electron chi connectivity index (χ3n) is 4.22. The maximum absolute atomic E-state index is 10.6. The first kappa shape index (κ1) is 18.8. The molecular weight excluding hydrogens is 312 g/mol. The lowest BCUT2D eigenvalue weighted by Gasteiger charge is -2.02. The van der Waals surface area contributed by atoms with Crippen LogP contribution in [-0.2, 0) is 6.42 Å². The van der Waals surface area contributed by atoms with Gasteiger partial charge >= 0.3 is 0 Å². The maximum Gasteiger partial charge on any atom is 0.269 e. The minimum absolute atomic E-state index is 0.0937. The highest BCUT2D eigenvalue weighted by atomic mass is 16.6. The van der Waals surface area contributed by atoms with Gasteiger partial charge in [-0.2, -0.15) is 0 Å². The Balaban J connectivity index is 1.80. The van der Waals surface area contributed by atoms with Crippen molar-refractivity contribution in [1.82, 2.24) is 0 Å². The largest absolute Gasteiger partial charge is 0.269 e. The average molecular weight is 338 g/mol. The molecule has 0 aliphatic heterocycles. The highest BCUT2D eigenvalue weighted by Gasteiger charge is 2.02. The summed E-state index contributed by atoms with van der Waals surface area (Å²) >= 11 is 0. The van der Waals surface area contributed by atoms with E-state index in [1.165, 1.54) is 56.2 Å². The van der Waals surface area contributed by atoms with Crippen molar-refractivity contribution in [2.24, 2.45) is 4.99 Å². The molecule has 0 bridgehead atoms. The quantitative estimate of drug-likeness (QED) is 0.222. The van der Waals surface area contributed by atoms with Gasteiger partial charge in [-0.3, -0.25) is 15.1 Å². The summed E-state index contributed by atoms with van der Waals surface area (Å²) in [5.74, 6) is 0. The molecule has 0 aliphatic rings. The molecule has 0 aliphatic carbocycles. The van der Waals surface area contributed by atoms with Gasteiger partial charge in [0.15, 0.2) is 0 Å². The van der Waals surface area contributed by atoms with Crippen molar-refractivity contribution in [3.05, 3.63) is 69.8 Å². The number of nitro groups is 1. The number of nitrogens with zero attached hydrogens (tertiary/aromatic N) is 2. The van der Waals surface area contributed by atoms with Crippen LogP contribution in [-0.4, -0.2) is 11.1 Å². The first-order valence-corrected chi connectivity index (χ1v) is 9.06. The second-order valence-electron chi connectivity index (χ2n) is 6.29. The van der Waals surface area contributed by atoms with E-state index in [0.717, 1.165) is 17.7 Å². The van der Waals surface area contributed by atoms with Crippen LogP contribution in [0.25, 0.3) is 0 Å². The molecule has 0 heterocycles. The number of hydrogen-bond acceptors (Lipinski definition) is 3. The van der Waals surface area contributed by atoms with Crippen molar-refractivity contribution in [3.63, 3.8) is 0 Å².